The fourth-order valence-corrected chi connectivity index (χ4v) is 3.05. The van der Waals surface area contributed by atoms with Crippen LogP contribution in [0, 0.1) is 11.8 Å². The largest absolute Gasteiger partial charge is 0.260 e. The second-order valence-corrected chi connectivity index (χ2v) is 5.27. The molecule has 1 aliphatic heterocycles. The fraction of sp³-hybridized carbons (Fsp3) is 1.00. The molecule has 1 unspecified atom stereocenters. The third-order valence-corrected chi connectivity index (χ3v) is 4.26. The minimum absolute atomic E-state index is 0.479. The Bertz CT molecular complexity index is 134. The smallest absolute Gasteiger partial charge is 0.0237 e. The molecule has 2 heteroatoms. The van der Waals surface area contributed by atoms with Gasteiger partial charge in [0.2, 0.25) is 0 Å². The fourth-order valence-electron chi connectivity index (χ4n) is 1.71. The first-order chi connectivity index (χ1) is 5.24. The van der Waals surface area contributed by atoms with Crippen molar-refractivity contribution in [2.75, 3.05) is 11.5 Å². The van der Waals surface area contributed by atoms with Crippen LogP contribution < -0.4 is 0 Å². The van der Waals surface area contributed by atoms with E-state index < -0.39 is 10.8 Å². The van der Waals surface area contributed by atoms with Crippen molar-refractivity contribution in [1.82, 2.24) is 0 Å². The van der Waals surface area contributed by atoms with Gasteiger partial charge in [0.05, 0.1) is 0 Å². The Kier molecular flexibility index (Phi) is 3.57. The molecular formula is C9H18OS. The van der Waals surface area contributed by atoms with E-state index in [1.807, 2.05) is 0 Å². The van der Waals surface area contributed by atoms with Crippen LogP contribution in [0.25, 0.3) is 0 Å². The van der Waals surface area contributed by atoms with E-state index in [9.17, 15) is 4.21 Å². The third kappa shape index (κ3) is 2.58. The Morgan fingerprint density at radius 1 is 1.45 bits per heavy atom. The minimum atomic E-state index is -0.479. The van der Waals surface area contributed by atoms with E-state index in [0.717, 1.165) is 23.3 Å². The van der Waals surface area contributed by atoms with Crippen LogP contribution in [0.5, 0.6) is 0 Å². The van der Waals surface area contributed by atoms with Crippen LogP contribution in [-0.4, -0.2) is 15.7 Å². The SMILES string of the molecule is CCC(C)C1CCS(=O)CC1. The summed E-state index contributed by atoms with van der Waals surface area (Å²) in [5.41, 5.74) is 0. The zero-order valence-electron chi connectivity index (χ0n) is 7.51. The van der Waals surface area contributed by atoms with E-state index in [0.29, 0.717) is 0 Å². The molecule has 1 rings (SSSR count). The Morgan fingerprint density at radius 2 is 2.00 bits per heavy atom. The topological polar surface area (TPSA) is 17.1 Å². The summed E-state index contributed by atoms with van der Waals surface area (Å²) in [4.78, 5) is 0. The lowest BCUT2D eigenvalue weighted by Gasteiger charge is -2.26. The van der Waals surface area contributed by atoms with Gasteiger partial charge < -0.3 is 0 Å². The van der Waals surface area contributed by atoms with Gasteiger partial charge in [-0.1, -0.05) is 20.3 Å². The van der Waals surface area contributed by atoms with Crippen LogP contribution in [0.4, 0.5) is 0 Å². The van der Waals surface area contributed by atoms with E-state index in [1.165, 1.54) is 19.3 Å². The average Bonchev–Trinajstić information content (AvgIpc) is 2.05. The van der Waals surface area contributed by atoms with Crippen molar-refractivity contribution in [1.29, 1.82) is 0 Å². The van der Waals surface area contributed by atoms with Gasteiger partial charge >= 0.3 is 0 Å². The van der Waals surface area contributed by atoms with Crippen LogP contribution >= 0.6 is 0 Å². The van der Waals surface area contributed by atoms with Gasteiger partial charge in [0.25, 0.3) is 0 Å². The molecule has 1 atom stereocenters. The van der Waals surface area contributed by atoms with E-state index in [1.54, 1.807) is 0 Å². The normalized spacial score (nSPS) is 35.1. The summed E-state index contributed by atoms with van der Waals surface area (Å²) in [6.07, 6.45) is 3.67. The van der Waals surface area contributed by atoms with Gasteiger partial charge in [-0.25, -0.2) is 0 Å². The predicted molar refractivity (Wildman–Crippen MR) is 50.1 cm³/mol. The maximum atomic E-state index is 11.0. The maximum absolute atomic E-state index is 11.0. The van der Waals surface area contributed by atoms with Gasteiger partial charge in [0, 0.05) is 22.3 Å². The van der Waals surface area contributed by atoms with Crippen LogP contribution in [-0.2, 0) is 10.8 Å². The van der Waals surface area contributed by atoms with E-state index in [4.69, 9.17) is 0 Å². The third-order valence-electron chi connectivity index (χ3n) is 2.88. The van der Waals surface area contributed by atoms with Gasteiger partial charge in [0.15, 0.2) is 0 Å². The molecule has 0 aromatic carbocycles. The molecule has 0 aromatic heterocycles. The molecule has 0 aliphatic carbocycles. The summed E-state index contributed by atoms with van der Waals surface area (Å²) in [6, 6.07) is 0. The summed E-state index contributed by atoms with van der Waals surface area (Å²) in [7, 11) is -0.479. The van der Waals surface area contributed by atoms with Gasteiger partial charge in [0.1, 0.15) is 0 Å². The summed E-state index contributed by atoms with van der Waals surface area (Å²) in [5, 5.41) is 0. The molecule has 0 amide bonds. The highest BCUT2D eigenvalue weighted by Gasteiger charge is 2.21. The van der Waals surface area contributed by atoms with Crippen LogP contribution in [0.15, 0.2) is 0 Å². The van der Waals surface area contributed by atoms with Gasteiger partial charge in [-0.15, -0.1) is 0 Å². The zero-order valence-corrected chi connectivity index (χ0v) is 8.32. The first kappa shape index (κ1) is 9.24. The lowest BCUT2D eigenvalue weighted by Crippen LogP contribution is -2.23. The Labute approximate surface area is 72.0 Å². The average molecular weight is 174 g/mol. The molecule has 66 valence electrons. The second-order valence-electron chi connectivity index (χ2n) is 3.57. The quantitative estimate of drug-likeness (QED) is 0.627. The maximum Gasteiger partial charge on any atom is 0.0237 e. The standard InChI is InChI=1S/C9H18OS/c1-3-8(2)9-4-6-11(10)7-5-9/h8-9H,3-7H2,1-2H3. The number of hydrogen-bond acceptors (Lipinski definition) is 1. The summed E-state index contributed by atoms with van der Waals surface area (Å²) in [5.74, 6) is 3.61. The second kappa shape index (κ2) is 4.24. The number of rotatable bonds is 2. The van der Waals surface area contributed by atoms with Crippen molar-refractivity contribution in [3.05, 3.63) is 0 Å². The lowest BCUT2D eigenvalue weighted by molar-refractivity contribution is 0.324. The lowest BCUT2D eigenvalue weighted by atomic mass is 9.87. The molecule has 0 bridgehead atoms. The molecule has 0 radical (unpaired) electrons. The molecule has 0 spiro atoms. The first-order valence-electron chi connectivity index (χ1n) is 4.59. The van der Waals surface area contributed by atoms with Crippen molar-refractivity contribution in [3.63, 3.8) is 0 Å². The highest BCUT2D eigenvalue weighted by atomic mass is 32.2. The molecule has 1 fully saturated rings. The van der Waals surface area contributed by atoms with Crippen LogP contribution in [0.2, 0.25) is 0 Å². The van der Waals surface area contributed by atoms with E-state index in [-0.39, 0.29) is 0 Å². The molecule has 1 nitrogen and oxygen atoms in total. The molecule has 1 aliphatic rings. The summed E-state index contributed by atoms with van der Waals surface area (Å²) < 4.78 is 11.0. The molecule has 0 N–H and O–H groups in total. The summed E-state index contributed by atoms with van der Waals surface area (Å²) in [6.45, 7) is 4.56. The monoisotopic (exact) mass is 174 g/mol. The van der Waals surface area contributed by atoms with E-state index in [2.05, 4.69) is 13.8 Å². The predicted octanol–water partition coefficient (Wildman–Crippen LogP) is 2.19. The Morgan fingerprint density at radius 3 is 2.45 bits per heavy atom. The molecule has 1 heterocycles. The van der Waals surface area contributed by atoms with E-state index >= 15 is 0 Å². The Hall–Kier alpha value is 0.150. The Balaban J connectivity index is 2.32. The molecule has 1 saturated heterocycles. The molecule has 0 aromatic rings. The van der Waals surface area contributed by atoms with Crippen LogP contribution in [0.1, 0.15) is 33.1 Å². The van der Waals surface area contributed by atoms with Crippen molar-refractivity contribution < 1.29 is 4.21 Å². The summed E-state index contributed by atoms with van der Waals surface area (Å²) >= 11 is 0. The van der Waals surface area contributed by atoms with Gasteiger partial charge in [-0.05, 0) is 24.7 Å². The number of hydrogen-bond donors (Lipinski definition) is 0. The minimum Gasteiger partial charge on any atom is -0.260 e. The van der Waals surface area contributed by atoms with Gasteiger partial charge in [-0.3, -0.25) is 4.21 Å². The first-order valence-corrected chi connectivity index (χ1v) is 6.07. The van der Waals surface area contributed by atoms with Crippen molar-refractivity contribution in [3.8, 4) is 0 Å². The molecule has 11 heavy (non-hydrogen) atoms. The molecular weight excluding hydrogens is 156 g/mol. The van der Waals surface area contributed by atoms with Crippen molar-refractivity contribution >= 4 is 10.8 Å². The van der Waals surface area contributed by atoms with Crippen LogP contribution in [0.3, 0.4) is 0 Å². The van der Waals surface area contributed by atoms with Crippen molar-refractivity contribution in [2.24, 2.45) is 11.8 Å². The molecule has 0 saturated carbocycles. The highest BCUT2D eigenvalue weighted by molar-refractivity contribution is 7.85. The van der Waals surface area contributed by atoms with Crippen molar-refractivity contribution in [2.45, 2.75) is 33.1 Å². The van der Waals surface area contributed by atoms with Gasteiger partial charge in [-0.2, -0.15) is 0 Å². The highest BCUT2D eigenvalue weighted by Crippen LogP contribution is 2.26. The zero-order chi connectivity index (χ0) is 8.27.